The molecule has 0 radical (unpaired) electrons. The smallest absolute Gasteiger partial charge is 0.250 e. The average Bonchev–Trinajstić information content (AvgIpc) is 3.46. The molecule has 0 unspecified atom stereocenters. The van der Waals surface area contributed by atoms with E-state index < -0.39 is 5.91 Å². The summed E-state index contributed by atoms with van der Waals surface area (Å²) in [6.45, 7) is 2.05. The molecule has 1 saturated carbocycles. The molecule has 1 amide bonds. The van der Waals surface area contributed by atoms with Crippen molar-refractivity contribution in [1.29, 1.82) is 0 Å². The Bertz CT molecular complexity index is 1650. The molecule has 8 heteroatoms. The van der Waals surface area contributed by atoms with E-state index in [0.717, 1.165) is 53.4 Å². The number of primary amides is 1. The fourth-order valence-electron chi connectivity index (χ4n) is 5.46. The second kappa shape index (κ2) is 9.05. The number of aliphatic hydroxyl groups is 1. The summed E-state index contributed by atoms with van der Waals surface area (Å²) in [5.41, 5.74) is 12.1. The molecule has 1 aliphatic carbocycles. The van der Waals surface area contributed by atoms with Gasteiger partial charge in [0.25, 0.3) is 5.91 Å². The van der Waals surface area contributed by atoms with Crippen molar-refractivity contribution in [3.63, 3.8) is 0 Å². The molecule has 5 aromatic rings. The van der Waals surface area contributed by atoms with Crippen molar-refractivity contribution in [3.8, 4) is 17.1 Å². The number of aliphatic hydroxyl groups excluding tert-OH is 1. The van der Waals surface area contributed by atoms with Gasteiger partial charge in [-0.05, 0) is 80.6 Å². The number of carbonyl (C=O) groups is 1. The van der Waals surface area contributed by atoms with Crippen LogP contribution in [0.15, 0.2) is 60.8 Å². The highest BCUT2D eigenvalue weighted by molar-refractivity contribution is 6.00. The average molecular weight is 498 g/mol. The Hall–Kier alpha value is -4.17. The van der Waals surface area contributed by atoms with Gasteiger partial charge in [-0.3, -0.25) is 4.79 Å². The number of aromatic nitrogens is 3. The number of halogens is 1. The van der Waals surface area contributed by atoms with Crippen LogP contribution in [-0.2, 0) is 0 Å². The van der Waals surface area contributed by atoms with Crippen molar-refractivity contribution in [2.75, 3.05) is 5.32 Å². The van der Waals surface area contributed by atoms with Gasteiger partial charge in [-0.15, -0.1) is 0 Å². The molecule has 37 heavy (non-hydrogen) atoms. The number of imidazole rings is 1. The maximum absolute atomic E-state index is 13.7. The van der Waals surface area contributed by atoms with Crippen LogP contribution in [0.4, 0.5) is 10.1 Å². The molecule has 1 fully saturated rings. The van der Waals surface area contributed by atoms with Gasteiger partial charge in [0.1, 0.15) is 11.6 Å². The van der Waals surface area contributed by atoms with Gasteiger partial charge in [-0.25, -0.2) is 9.37 Å². The Kier molecular flexibility index (Phi) is 5.68. The summed E-state index contributed by atoms with van der Waals surface area (Å²) in [6.07, 6.45) is 4.95. The van der Waals surface area contributed by atoms with Crippen molar-refractivity contribution in [1.82, 2.24) is 14.5 Å². The number of anilines is 1. The third kappa shape index (κ3) is 4.23. The Morgan fingerprint density at radius 2 is 1.95 bits per heavy atom. The van der Waals surface area contributed by atoms with Gasteiger partial charge in [-0.1, -0.05) is 12.1 Å². The molecule has 0 saturated heterocycles. The molecule has 2 aromatic heterocycles. The van der Waals surface area contributed by atoms with Crippen molar-refractivity contribution in [2.24, 2.45) is 5.73 Å². The maximum atomic E-state index is 13.7. The van der Waals surface area contributed by atoms with E-state index in [2.05, 4.69) is 28.0 Å². The molecule has 0 spiro atoms. The monoisotopic (exact) mass is 497 g/mol. The maximum Gasteiger partial charge on any atom is 0.250 e. The summed E-state index contributed by atoms with van der Waals surface area (Å²) in [7, 11) is 0. The SMILES string of the molecule is Cc1cn(-c2ccc(C(N)=O)c(N[C@H]3CC[C@H](O)CC3)c2)c2cccc(-c3nc4ccc(F)cc4[nH]3)c12. The lowest BCUT2D eigenvalue weighted by Crippen LogP contribution is -2.29. The van der Waals surface area contributed by atoms with Crippen LogP contribution in [0.1, 0.15) is 41.6 Å². The number of hydrogen-bond acceptors (Lipinski definition) is 4. The number of aryl methyl sites for hydroxylation is 1. The number of amides is 1. The Labute approximate surface area is 213 Å². The fraction of sp³-hybridized carbons (Fsp3) is 0.241. The van der Waals surface area contributed by atoms with E-state index in [-0.39, 0.29) is 18.0 Å². The minimum Gasteiger partial charge on any atom is -0.393 e. The number of rotatable bonds is 5. The highest BCUT2D eigenvalue weighted by atomic mass is 19.1. The highest BCUT2D eigenvalue weighted by Crippen LogP contribution is 2.35. The van der Waals surface area contributed by atoms with Crippen LogP contribution in [-0.4, -0.2) is 37.7 Å². The molecule has 0 atom stereocenters. The van der Waals surface area contributed by atoms with Crippen molar-refractivity contribution in [3.05, 3.63) is 77.7 Å². The molecule has 2 heterocycles. The van der Waals surface area contributed by atoms with Gasteiger partial charge in [-0.2, -0.15) is 0 Å². The van der Waals surface area contributed by atoms with Gasteiger partial charge in [0.05, 0.1) is 28.2 Å². The predicted molar refractivity (Wildman–Crippen MR) is 143 cm³/mol. The molecular weight excluding hydrogens is 469 g/mol. The molecule has 188 valence electrons. The molecule has 0 aliphatic heterocycles. The largest absolute Gasteiger partial charge is 0.393 e. The van der Waals surface area contributed by atoms with Crippen LogP contribution < -0.4 is 11.1 Å². The Morgan fingerprint density at radius 3 is 2.73 bits per heavy atom. The van der Waals surface area contributed by atoms with E-state index in [9.17, 15) is 14.3 Å². The standard InChI is InChI=1S/C29H28FN5O2/c1-16-15-35(19-8-11-21(28(31)37)24(14-19)32-18-6-9-20(36)10-7-18)26-4-2-3-22(27(16)26)29-33-23-12-5-17(30)13-25(23)34-29/h2-5,8,11-15,18,20,32,36H,6-7,9-10H2,1H3,(H2,31,37)(H,33,34)/t18-,20-. The van der Waals surface area contributed by atoms with Gasteiger partial charge >= 0.3 is 0 Å². The molecular formula is C29H28FN5O2. The van der Waals surface area contributed by atoms with Gasteiger partial charge in [0.2, 0.25) is 0 Å². The van der Waals surface area contributed by atoms with E-state index >= 15 is 0 Å². The molecule has 0 bridgehead atoms. The van der Waals surface area contributed by atoms with Gasteiger partial charge < -0.3 is 25.7 Å². The van der Waals surface area contributed by atoms with E-state index in [4.69, 9.17) is 10.7 Å². The lowest BCUT2D eigenvalue weighted by Gasteiger charge is -2.28. The highest BCUT2D eigenvalue weighted by Gasteiger charge is 2.22. The second-order valence-corrected chi connectivity index (χ2v) is 9.87. The van der Waals surface area contributed by atoms with Crippen LogP contribution in [0.2, 0.25) is 0 Å². The van der Waals surface area contributed by atoms with E-state index in [1.807, 2.05) is 30.3 Å². The van der Waals surface area contributed by atoms with Crippen molar-refractivity contribution >= 4 is 33.5 Å². The number of benzene rings is 3. The number of nitrogens with one attached hydrogen (secondary N) is 2. The first kappa shape index (κ1) is 23.2. The zero-order valence-corrected chi connectivity index (χ0v) is 20.5. The van der Waals surface area contributed by atoms with E-state index in [0.29, 0.717) is 28.1 Å². The molecule has 1 aliphatic rings. The number of nitrogens with two attached hydrogens (primary N) is 1. The predicted octanol–water partition coefficient (Wildman–Crippen LogP) is 5.44. The number of carbonyl (C=O) groups excluding carboxylic acids is 1. The van der Waals surface area contributed by atoms with Crippen LogP contribution in [0.3, 0.4) is 0 Å². The number of fused-ring (bicyclic) bond motifs is 2. The minimum absolute atomic E-state index is 0.171. The first-order chi connectivity index (χ1) is 17.9. The summed E-state index contributed by atoms with van der Waals surface area (Å²) in [6, 6.07) is 16.3. The summed E-state index contributed by atoms with van der Waals surface area (Å²) >= 11 is 0. The number of aromatic amines is 1. The van der Waals surface area contributed by atoms with Crippen molar-refractivity contribution in [2.45, 2.75) is 44.8 Å². The summed E-state index contributed by atoms with van der Waals surface area (Å²) in [5.74, 6) is -0.114. The molecule has 3 aromatic carbocycles. The molecule has 6 rings (SSSR count). The zero-order chi connectivity index (χ0) is 25.7. The summed E-state index contributed by atoms with van der Waals surface area (Å²) < 4.78 is 15.8. The van der Waals surface area contributed by atoms with Crippen molar-refractivity contribution < 1.29 is 14.3 Å². The Morgan fingerprint density at radius 1 is 1.14 bits per heavy atom. The van der Waals surface area contributed by atoms with Gasteiger partial charge in [0, 0.05) is 34.6 Å². The normalized spacial score (nSPS) is 17.9. The van der Waals surface area contributed by atoms with E-state index in [1.54, 1.807) is 12.1 Å². The van der Waals surface area contributed by atoms with Crippen LogP contribution >= 0.6 is 0 Å². The number of H-pyrrole nitrogens is 1. The summed E-state index contributed by atoms with van der Waals surface area (Å²) in [4.78, 5) is 20.1. The van der Waals surface area contributed by atoms with Crippen LogP contribution in [0, 0.1) is 12.7 Å². The minimum atomic E-state index is -0.484. The van der Waals surface area contributed by atoms with Crippen LogP contribution in [0.25, 0.3) is 39.0 Å². The molecule has 5 N–H and O–H groups in total. The number of hydrogen-bond donors (Lipinski definition) is 4. The topological polar surface area (TPSA) is 109 Å². The second-order valence-electron chi connectivity index (χ2n) is 9.87. The lowest BCUT2D eigenvalue weighted by molar-refractivity contribution is 0.100. The third-order valence-electron chi connectivity index (χ3n) is 7.32. The quantitative estimate of drug-likeness (QED) is 0.259. The van der Waals surface area contributed by atoms with Gasteiger partial charge in [0.15, 0.2) is 0 Å². The first-order valence-electron chi connectivity index (χ1n) is 12.5. The third-order valence-corrected chi connectivity index (χ3v) is 7.32. The number of nitrogens with zero attached hydrogens (tertiary/aromatic N) is 2. The first-order valence-corrected chi connectivity index (χ1v) is 12.5. The van der Waals surface area contributed by atoms with E-state index in [1.165, 1.54) is 12.1 Å². The summed E-state index contributed by atoms with van der Waals surface area (Å²) in [5, 5.41) is 14.4. The van der Waals surface area contributed by atoms with Crippen LogP contribution in [0.5, 0.6) is 0 Å². The molecule has 7 nitrogen and oxygen atoms in total. The Balaban J connectivity index is 1.43. The zero-order valence-electron chi connectivity index (χ0n) is 20.5. The lowest BCUT2D eigenvalue weighted by atomic mass is 9.92. The fourth-order valence-corrected chi connectivity index (χ4v) is 5.46.